The smallest absolute Gasteiger partial charge is 0.256 e. The van der Waals surface area contributed by atoms with E-state index in [1.165, 1.54) is 46.9 Å². The summed E-state index contributed by atoms with van der Waals surface area (Å²) < 4.78 is 14.4. The Morgan fingerprint density at radius 1 is 0.321 bits per heavy atom. The minimum Gasteiger partial charge on any atom is -0.458 e. The quantitative estimate of drug-likeness (QED) is 0.140. The maximum absolute atomic E-state index is 7.61. The highest BCUT2D eigenvalue weighted by atomic mass is 32.2. The second-order valence-corrected chi connectivity index (χ2v) is 23.2. The van der Waals surface area contributed by atoms with E-state index in [2.05, 4.69) is 282 Å². The summed E-state index contributed by atoms with van der Waals surface area (Å²) in [5.74, 6) is 1.71. The number of furan rings is 1. The van der Waals surface area contributed by atoms with Gasteiger partial charge in [0.2, 0.25) is 6.71 Å². The third kappa shape index (κ3) is 7.32. The lowest BCUT2D eigenvalue weighted by atomic mass is 9.32. The van der Waals surface area contributed by atoms with E-state index in [4.69, 9.17) is 9.15 Å². The van der Waals surface area contributed by atoms with Crippen molar-refractivity contribution in [2.24, 2.45) is 0 Å². The van der Waals surface area contributed by atoms with Crippen molar-refractivity contribution in [3.8, 4) is 22.6 Å². The molecule has 4 aliphatic rings. The van der Waals surface area contributed by atoms with Crippen molar-refractivity contribution in [2.75, 3.05) is 14.7 Å². The van der Waals surface area contributed by atoms with Crippen LogP contribution in [0.25, 0.3) is 33.1 Å². The molecule has 0 radical (unpaired) electrons. The Labute approximate surface area is 478 Å². The Morgan fingerprint density at radius 2 is 0.852 bits per heavy atom. The van der Waals surface area contributed by atoms with E-state index >= 15 is 0 Å². The molecule has 13 aromatic rings. The largest absolute Gasteiger partial charge is 0.458 e. The van der Waals surface area contributed by atoms with Gasteiger partial charge < -0.3 is 23.9 Å². The standard InChI is InChI=1S/C72H45B2N3O2S2/c1-5-22-46(23-6-1)75(47-24-7-2-8-25-47)50-40-62-70-65(41-50)78-64-45-67-59(74-57-35-16-20-39-66(57)80-68-42-51(43-69(81-67)71(68)74)76(48-26-9-3-10-27-48)49-28-11-4-12-29-49)44-58(64)73(70)56-34-15-18-37-61(56)77(62)60-36-17-13-30-52(60)54-32-21-33-55-53-31-14-19-38-63(53)79-72(54)55/h1-45H. The normalized spacial score (nSPS) is 13.1. The topological polar surface area (TPSA) is 32.1 Å². The van der Waals surface area contributed by atoms with Gasteiger partial charge in [0.15, 0.2) is 0 Å². The molecule has 0 unspecified atom stereocenters. The summed E-state index contributed by atoms with van der Waals surface area (Å²) in [5.41, 5.74) is 21.1. The summed E-state index contributed by atoms with van der Waals surface area (Å²) in [6.45, 7) is -0.133. The van der Waals surface area contributed by atoms with Crippen LogP contribution in [0.5, 0.6) is 11.5 Å². The Balaban J connectivity index is 0.890. The number of nitrogens with zero attached hydrogens (tertiary/aromatic N) is 3. The van der Waals surface area contributed by atoms with Gasteiger partial charge in [0.05, 0.1) is 11.4 Å². The zero-order valence-electron chi connectivity index (χ0n) is 43.6. The van der Waals surface area contributed by atoms with E-state index in [0.29, 0.717) is 0 Å². The van der Waals surface area contributed by atoms with Gasteiger partial charge in [-0.25, -0.2) is 0 Å². The average molecular weight is 1070 g/mol. The van der Waals surface area contributed by atoms with Crippen LogP contribution in [-0.2, 0) is 0 Å². The number of rotatable bonds is 8. The molecule has 0 bridgehead atoms. The number of benzene rings is 12. The van der Waals surface area contributed by atoms with E-state index in [0.717, 1.165) is 101 Å². The van der Waals surface area contributed by atoms with Crippen LogP contribution in [0.1, 0.15) is 0 Å². The molecule has 0 N–H and O–H groups in total. The van der Waals surface area contributed by atoms with Gasteiger partial charge in [0, 0.05) is 87.4 Å². The highest BCUT2D eigenvalue weighted by Gasteiger charge is 2.46. The van der Waals surface area contributed by atoms with E-state index in [1.807, 2.05) is 29.6 Å². The van der Waals surface area contributed by atoms with Crippen LogP contribution in [0.3, 0.4) is 0 Å². The molecule has 5 nitrogen and oxygen atoms in total. The molecular weight excluding hydrogens is 1020 g/mol. The molecule has 12 aromatic carbocycles. The van der Waals surface area contributed by atoms with Crippen LogP contribution in [0, 0.1) is 0 Å². The predicted octanol–water partition coefficient (Wildman–Crippen LogP) is 16.0. The average Bonchev–Trinajstić information content (AvgIpc) is 4.05. The summed E-state index contributed by atoms with van der Waals surface area (Å²) in [5, 5.41) is 2.20. The Kier molecular flexibility index (Phi) is 10.6. The lowest BCUT2D eigenvalue weighted by molar-refractivity contribution is 0.486. The van der Waals surface area contributed by atoms with Gasteiger partial charge in [-0.3, -0.25) is 0 Å². The highest BCUT2D eigenvalue weighted by molar-refractivity contribution is 8.01. The fourth-order valence-corrected chi connectivity index (χ4v) is 15.7. The second kappa shape index (κ2) is 18.5. The van der Waals surface area contributed by atoms with Crippen LogP contribution >= 0.6 is 23.5 Å². The van der Waals surface area contributed by atoms with Crippen LogP contribution in [-0.4, -0.2) is 13.4 Å². The predicted molar refractivity (Wildman–Crippen MR) is 340 cm³/mol. The van der Waals surface area contributed by atoms with E-state index in [1.54, 1.807) is 0 Å². The van der Waals surface area contributed by atoms with Crippen molar-refractivity contribution in [3.63, 3.8) is 0 Å². The Bertz CT molecular complexity index is 4600. The number of ether oxygens (including phenoxy) is 1. The van der Waals surface area contributed by atoms with Gasteiger partial charge in [0.1, 0.15) is 22.7 Å². The van der Waals surface area contributed by atoms with Crippen molar-refractivity contribution < 1.29 is 9.15 Å². The van der Waals surface area contributed by atoms with Crippen LogP contribution in [0.15, 0.2) is 297 Å². The first-order chi connectivity index (χ1) is 40.2. The zero-order valence-corrected chi connectivity index (χ0v) is 45.2. The van der Waals surface area contributed by atoms with Crippen molar-refractivity contribution in [3.05, 3.63) is 273 Å². The Morgan fingerprint density at radius 3 is 1.54 bits per heavy atom. The first-order valence-corrected chi connectivity index (χ1v) is 29.2. The zero-order chi connectivity index (χ0) is 53.1. The fraction of sp³-hybridized carbons (Fsp3) is 0. The molecular formula is C72H45B2N3O2S2. The minimum absolute atomic E-state index is 0.0154. The summed E-state index contributed by atoms with van der Waals surface area (Å²) >= 11 is 3.76. The highest BCUT2D eigenvalue weighted by Crippen LogP contribution is 2.51. The van der Waals surface area contributed by atoms with Gasteiger partial charge in [-0.15, -0.1) is 0 Å². The Hall–Kier alpha value is -9.53. The maximum Gasteiger partial charge on any atom is 0.256 e. The first kappa shape index (κ1) is 46.4. The SMILES string of the molecule is c1ccc(N(c2ccccc2)c2cc3c4c(c2)Sc2cc5c(cc2B4c2ccccc2S3)B2c3ccccc3N(c3ccccc3-c3cccc4c3oc3ccccc34)c3cc(N(c4ccccc4)c4ccccc4)cc(c32)O5)cc1. The summed E-state index contributed by atoms with van der Waals surface area (Å²) in [6.07, 6.45) is 0. The van der Waals surface area contributed by atoms with Crippen molar-refractivity contribution >= 4 is 143 Å². The molecule has 0 saturated carbocycles. The van der Waals surface area contributed by atoms with Crippen LogP contribution in [0.4, 0.5) is 51.2 Å². The number of hydrogen-bond donors (Lipinski definition) is 0. The maximum atomic E-state index is 7.61. The molecule has 0 saturated heterocycles. The molecule has 1 aromatic heterocycles. The minimum atomic E-state index is -0.148. The second-order valence-electron chi connectivity index (χ2n) is 21.1. The number of hydrogen-bond acceptors (Lipinski definition) is 7. The van der Waals surface area contributed by atoms with E-state index in [-0.39, 0.29) is 13.4 Å². The molecule has 17 rings (SSSR count). The third-order valence-corrected chi connectivity index (χ3v) is 18.8. The third-order valence-electron chi connectivity index (χ3n) is 16.6. The molecule has 0 atom stereocenters. The van der Waals surface area contributed by atoms with Gasteiger partial charge in [-0.05, 0) is 119 Å². The van der Waals surface area contributed by atoms with E-state index in [9.17, 15) is 0 Å². The molecule has 0 amide bonds. The van der Waals surface area contributed by atoms with Crippen LogP contribution in [0.2, 0.25) is 0 Å². The molecule has 0 fully saturated rings. The lowest BCUT2D eigenvalue weighted by Crippen LogP contribution is -2.62. The number of para-hydroxylation sites is 8. The molecule has 0 spiro atoms. The van der Waals surface area contributed by atoms with Crippen molar-refractivity contribution in [2.45, 2.75) is 19.6 Å². The summed E-state index contributed by atoms with van der Waals surface area (Å²) in [7, 11) is 0. The number of anilines is 9. The number of fused-ring (bicyclic) bond motifs is 11. The molecule has 81 heavy (non-hydrogen) atoms. The summed E-state index contributed by atoms with van der Waals surface area (Å²) in [4.78, 5) is 12.3. The lowest BCUT2D eigenvalue weighted by Gasteiger charge is -2.42. The molecule has 5 heterocycles. The van der Waals surface area contributed by atoms with Crippen molar-refractivity contribution in [1.82, 2.24) is 0 Å². The molecule has 4 aliphatic heterocycles. The van der Waals surface area contributed by atoms with E-state index < -0.39 is 0 Å². The fourth-order valence-electron chi connectivity index (χ4n) is 13.2. The van der Waals surface area contributed by atoms with Gasteiger partial charge in [-0.2, -0.15) is 0 Å². The molecule has 378 valence electrons. The first-order valence-electron chi connectivity index (χ1n) is 27.5. The van der Waals surface area contributed by atoms with Crippen molar-refractivity contribution in [1.29, 1.82) is 0 Å². The molecule has 0 aliphatic carbocycles. The van der Waals surface area contributed by atoms with Gasteiger partial charge in [0.25, 0.3) is 6.71 Å². The molecule has 9 heteroatoms. The van der Waals surface area contributed by atoms with Crippen LogP contribution < -0.4 is 52.2 Å². The van der Waals surface area contributed by atoms with Gasteiger partial charge >= 0.3 is 0 Å². The summed E-state index contributed by atoms with van der Waals surface area (Å²) in [6, 6.07) is 99.0. The van der Waals surface area contributed by atoms with Gasteiger partial charge in [-0.1, -0.05) is 204 Å². The monoisotopic (exact) mass is 1070 g/mol.